The normalized spacial score (nSPS) is 16.0. The topological polar surface area (TPSA) is 22.1 Å². The summed E-state index contributed by atoms with van der Waals surface area (Å²) in [5, 5.41) is 0. The summed E-state index contributed by atoms with van der Waals surface area (Å²) in [7, 11) is 0. The molecule has 0 spiro atoms. The molecule has 0 radical (unpaired) electrons. The van der Waals surface area contributed by atoms with Gasteiger partial charge in [-0.05, 0) is 41.4 Å². The molecule has 1 fully saturated rings. The van der Waals surface area contributed by atoms with Gasteiger partial charge in [0, 0.05) is 15.3 Å². The van der Waals surface area contributed by atoms with Gasteiger partial charge in [0.1, 0.15) is 5.75 Å². The van der Waals surface area contributed by atoms with Gasteiger partial charge in [0.25, 0.3) is 0 Å². The number of halogens is 1. The fourth-order valence-electron chi connectivity index (χ4n) is 1.45. The monoisotopic (exact) mass is 303 g/mol. The van der Waals surface area contributed by atoms with Crippen molar-refractivity contribution >= 4 is 22.6 Å². The first-order valence-corrected chi connectivity index (χ1v) is 6.06. The summed E-state index contributed by atoms with van der Waals surface area (Å²) >= 11 is 2.33. The van der Waals surface area contributed by atoms with Crippen LogP contribution in [0.4, 0.5) is 0 Å². The molecule has 1 aliphatic carbocycles. The first-order chi connectivity index (χ1) is 6.68. The lowest BCUT2D eigenvalue weighted by Crippen LogP contribution is -2.03. The van der Waals surface area contributed by atoms with Crippen LogP contribution in [0.5, 0.6) is 5.75 Å². The number of aromatic nitrogens is 1. The first-order valence-electron chi connectivity index (χ1n) is 4.98. The van der Waals surface area contributed by atoms with E-state index in [4.69, 9.17) is 4.74 Å². The second kappa shape index (κ2) is 4.04. The quantitative estimate of drug-likeness (QED) is 0.799. The van der Waals surface area contributed by atoms with Crippen LogP contribution in [0.2, 0.25) is 0 Å². The summed E-state index contributed by atoms with van der Waals surface area (Å²) in [4.78, 5) is 4.18. The molecule has 0 aromatic carbocycles. The zero-order chi connectivity index (χ0) is 10.1. The van der Waals surface area contributed by atoms with Crippen LogP contribution in [0.1, 0.15) is 38.2 Å². The molecular weight excluding hydrogens is 289 g/mol. The highest BCUT2D eigenvalue weighted by Gasteiger charge is 2.25. The van der Waals surface area contributed by atoms with E-state index < -0.39 is 0 Å². The fourth-order valence-corrected chi connectivity index (χ4v) is 2.50. The molecule has 0 amide bonds. The lowest BCUT2D eigenvalue weighted by molar-refractivity contribution is 0.297. The van der Waals surface area contributed by atoms with E-state index in [1.165, 1.54) is 22.0 Å². The molecule has 1 aliphatic rings. The number of hydrogen-bond acceptors (Lipinski definition) is 2. The van der Waals surface area contributed by atoms with E-state index in [1.807, 2.05) is 12.4 Å². The third-order valence-corrected chi connectivity index (χ3v) is 3.16. The zero-order valence-corrected chi connectivity index (χ0v) is 10.6. The standard InChI is InChI=1S/C11H14INO/c1-7(2)11-9(12)5-13-6-10(11)14-8-3-4-8/h5-8H,3-4H2,1-2H3. The van der Waals surface area contributed by atoms with E-state index in [9.17, 15) is 0 Å². The summed E-state index contributed by atoms with van der Waals surface area (Å²) in [6.45, 7) is 4.38. The molecule has 0 atom stereocenters. The van der Waals surface area contributed by atoms with Crippen LogP contribution in [-0.2, 0) is 0 Å². The van der Waals surface area contributed by atoms with E-state index >= 15 is 0 Å². The van der Waals surface area contributed by atoms with Crippen LogP contribution < -0.4 is 4.74 Å². The van der Waals surface area contributed by atoms with Crippen molar-refractivity contribution in [2.75, 3.05) is 0 Å². The SMILES string of the molecule is CC(C)c1c(I)cncc1OC1CC1. The number of pyridine rings is 1. The summed E-state index contributed by atoms with van der Waals surface area (Å²) in [6, 6.07) is 0. The minimum atomic E-state index is 0.451. The highest BCUT2D eigenvalue weighted by Crippen LogP contribution is 2.34. The van der Waals surface area contributed by atoms with E-state index in [1.54, 1.807) is 0 Å². The number of rotatable bonds is 3. The molecule has 0 aliphatic heterocycles. The molecule has 0 saturated heterocycles. The molecule has 14 heavy (non-hydrogen) atoms. The van der Waals surface area contributed by atoms with Crippen molar-refractivity contribution in [1.82, 2.24) is 4.98 Å². The Hall–Kier alpha value is -0.320. The van der Waals surface area contributed by atoms with E-state index in [-0.39, 0.29) is 0 Å². The molecule has 1 aromatic rings. The minimum absolute atomic E-state index is 0.451. The molecular formula is C11H14INO. The molecule has 76 valence electrons. The molecule has 1 saturated carbocycles. The van der Waals surface area contributed by atoms with Crippen LogP contribution in [-0.4, -0.2) is 11.1 Å². The molecule has 0 bridgehead atoms. The molecule has 2 rings (SSSR count). The Bertz CT molecular complexity index is 334. The average molecular weight is 303 g/mol. The Morgan fingerprint density at radius 3 is 2.71 bits per heavy atom. The fraction of sp³-hybridized carbons (Fsp3) is 0.545. The Morgan fingerprint density at radius 1 is 1.43 bits per heavy atom. The number of hydrogen-bond donors (Lipinski definition) is 0. The second-order valence-corrected chi connectivity index (χ2v) is 5.17. The van der Waals surface area contributed by atoms with E-state index in [2.05, 4.69) is 41.4 Å². The predicted octanol–water partition coefficient (Wildman–Crippen LogP) is 3.35. The van der Waals surface area contributed by atoms with E-state index in [0.717, 1.165) is 5.75 Å². The maximum Gasteiger partial charge on any atom is 0.142 e. The summed E-state index contributed by atoms with van der Waals surface area (Å²) in [6.07, 6.45) is 6.59. The van der Waals surface area contributed by atoms with Crippen LogP contribution >= 0.6 is 22.6 Å². The lowest BCUT2D eigenvalue weighted by Gasteiger charge is -2.14. The summed E-state index contributed by atoms with van der Waals surface area (Å²) < 4.78 is 7.04. The summed E-state index contributed by atoms with van der Waals surface area (Å²) in [5.74, 6) is 1.48. The third kappa shape index (κ3) is 2.19. The van der Waals surface area contributed by atoms with E-state index in [0.29, 0.717) is 12.0 Å². The first kappa shape index (κ1) is 10.2. The Balaban J connectivity index is 2.30. The maximum absolute atomic E-state index is 5.83. The molecule has 2 nitrogen and oxygen atoms in total. The van der Waals surface area contributed by atoms with Gasteiger partial charge in [0.2, 0.25) is 0 Å². The lowest BCUT2D eigenvalue weighted by atomic mass is 10.0. The van der Waals surface area contributed by atoms with Gasteiger partial charge in [-0.3, -0.25) is 4.98 Å². The number of nitrogens with zero attached hydrogens (tertiary/aromatic N) is 1. The van der Waals surface area contributed by atoms with Gasteiger partial charge in [-0.1, -0.05) is 13.8 Å². The van der Waals surface area contributed by atoms with Crippen molar-refractivity contribution in [3.05, 3.63) is 21.5 Å². The van der Waals surface area contributed by atoms with Crippen LogP contribution in [0.15, 0.2) is 12.4 Å². The van der Waals surface area contributed by atoms with Crippen molar-refractivity contribution in [3.8, 4) is 5.75 Å². The Labute approximate surface area is 98.2 Å². The molecule has 1 heterocycles. The van der Waals surface area contributed by atoms with Gasteiger partial charge in [0.05, 0.1) is 12.3 Å². The highest BCUT2D eigenvalue weighted by molar-refractivity contribution is 14.1. The van der Waals surface area contributed by atoms with Crippen LogP contribution in [0.25, 0.3) is 0 Å². The average Bonchev–Trinajstić information content (AvgIpc) is 2.87. The molecule has 1 aromatic heterocycles. The van der Waals surface area contributed by atoms with Crippen LogP contribution in [0, 0.1) is 3.57 Å². The van der Waals surface area contributed by atoms with Gasteiger partial charge in [0.15, 0.2) is 0 Å². The van der Waals surface area contributed by atoms with Crippen molar-refractivity contribution in [3.63, 3.8) is 0 Å². The van der Waals surface area contributed by atoms with Crippen molar-refractivity contribution in [1.29, 1.82) is 0 Å². The van der Waals surface area contributed by atoms with Gasteiger partial charge in [-0.25, -0.2) is 0 Å². The zero-order valence-electron chi connectivity index (χ0n) is 8.46. The second-order valence-electron chi connectivity index (χ2n) is 4.01. The summed E-state index contributed by atoms with van der Waals surface area (Å²) in [5.41, 5.74) is 1.30. The molecule has 3 heteroatoms. The predicted molar refractivity (Wildman–Crippen MR) is 64.7 cm³/mol. The molecule has 0 N–H and O–H groups in total. The van der Waals surface area contributed by atoms with Crippen molar-refractivity contribution < 1.29 is 4.74 Å². The Morgan fingerprint density at radius 2 is 2.14 bits per heavy atom. The van der Waals surface area contributed by atoms with Crippen molar-refractivity contribution in [2.24, 2.45) is 0 Å². The molecule has 0 unspecified atom stereocenters. The van der Waals surface area contributed by atoms with Crippen molar-refractivity contribution in [2.45, 2.75) is 38.7 Å². The number of ether oxygens (including phenoxy) is 1. The highest BCUT2D eigenvalue weighted by atomic mass is 127. The maximum atomic E-state index is 5.83. The minimum Gasteiger partial charge on any atom is -0.488 e. The van der Waals surface area contributed by atoms with Gasteiger partial charge >= 0.3 is 0 Å². The van der Waals surface area contributed by atoms with Gasteiger partial charge in [-0.15, -0.1) is 0 Å². The van der Waals surface area contributed by atoms with Gasteiger partial charge in [-0.2, -0.15) is 0 Å². The smallest absolute Gasteiger partial charge is 0.142 e. The largest absolute Gasteiger partial charge is 0.488 e. The van der Waals surface area contributed by atoms with Gasteiger partial charge < -0.3 is 4.74 Å². The van der Waals surface area contributed by atoms with Crippen LogP contribution in [0.3, 0.4) is 0 Å². The Kier molecular flexibility index (Phi) is 2.95. The third-order valence-electron chi connectivity index (χ3n) is 2.30.